The largest absolute Gasteiger partial charge is 0.317 e. The second kappa shape index (κ2) is 9.05. The molecule has 0 spiro atoms. The van der Waals surface area contributed by atoms with Gasteiger partial charge in [-0.15, -0.1) is 4.83 Å². The molecule has 2 N–H and O–H groups in total. The highest BCUT2D eigenvalue weighted by atomic mass is 32.2. The first-order chi connectivity index (χ1) is 9.88. The minimum atomic E-state index is -3.44. The zero-order chi connectivity index (χ0) is 15.9. The number of hydrogen-bond donors (Lipinski definition) is 2. The van der Waals surface area contributed by atoms with Crippen LogP contribution < -0.4 is 10.1 Å². The number of nitrogens with one attached hydrogen (secondary N) is 2. The topological polar surface area (TPSA) is 64.7 Å². The predicted molar refractivity (Wildman–Crippen MR) is 87.1 cm³/mol. The molecule has 1 aliphatic rings. The van der Waals surface area contributed by atoms with Gasteiger partial charge in [0.1, 0.15) is 0 Å². The van der Waals surface area contributed by atoms with Gasteiger partial charge in [0, 0.05) is 25.7 Å². The third kappa shape index (κ3) is 6.20. The van der Waals surface area contributed by atoms with Crippen LogP contribution in [0.3, 0.4) is 0 Å². The van der Waals surface area contributed by atoms with Gasteiger partial charge in [0.05, 0.1) is 0 Å². The molecule has 0 aromatic heterocycles. The van der Waals surface area contributed by atoms with Crippen molar-refractivity contribution in [2.75, 3.05) is 26.7 Å². The molecule has 1 rings (SSSR count). The Bertz CT molecular complexity index is 378. The third-order valence-electron chi connectivity index (χ3n) is 4.08. The first kappa shape index (κ1) is 18.8. The van der Waals surface area contributed by atoms with E-state index in [-0.39, 0.29) is 12.1 Å². The molecule has 21 heavy (non-hydrogen) atoms. The lowest BCUT2D eigenvalue weighted by Gasteiger charge is -2.39. The van der Waals surface area contributed by atoms with E-state index < -0.39 is 10.2 Å². The first-order valence-electron chi connectivity index (χ1n) is 8.11. The summed E-state index contributed by atoms with van der Waals surface area (Å²) in [4.78, 5) is 2.76. The molecular weight excluding hydrogens is 288 g/mol. The third-order valence-corrected chi connectivity index (χ3v) is 5.52. The van der Waals surface area contributed by atoms with Gasteiger partial charge in [0.25, 0.3) is 10.2 Å². The van der Waals surface area contributed by atoms with Crippen molar-refractivity contribution < 1.29 is 8.42 Å². The second-order valence-corrected chi connectivity index (χ2v) is 7.81. The molecule has 1 aliphatic heterocycles. The summed E-state index contributed by atoms with van der Waals surface area (Å²) in [6.07, 6.45) is 5.16. The molecule has 1 saturated heterocycles. The van der Waals surface area contributed by atoms with Crippen molar-refractivity contribution in [2.24, 2.45) is 0 Å². The minimum absolute atomic E-state index is 0.253. The molecule has 0 amide bonds. The maximum atomic E-state index is 12.4. The van der Waals surface area contributed by atoms with Gasteiger partial charge in [-0.3, -0.25) is 0 Å². The van der Waals surface area contributed by atoms with Crippen LogP contribution in [0, 0.1) is 0 Å². The van der Waals surface area contributed by atoms with E-state index in [1.165, 1.54) is 10.7 Å². The molecule has 1 fully saturated rings. The van der Waals surface area contributed by atoms with Crippen LogP contribution in [0.15, 0.2) is 0 Å². The van der Waals surface area contributed by atoms with Crippen molar-refractivity contribution in [2.45, 2.75) is 65.0 Å². The average molecular weight is 321 g/mol. The van der Waals surface area contributed by atoms with Crippen LogP contribution >= 0.6 is 0 Å². The summed E-state index contributed by atoms with van der Waals surface area (Å²) in [6, 6.07) is 0.506. The van der Waals surface area contributed by atoms with Crippen LogP contribution in [0.5, 0.6) is 0 Å². The normalized spacial score (nSPS) is 24.6. The van der Waals surface area contributed by atoms with Crippen molar-refractivity contribution in [3.05, 3.63) is 0 Å². The van der Waals surface area contributed by atoms with E-state index in [1.807, 2.05) is 5.01 Å². The number of nitrogens with zero attached hydrogens (tertiary/aromatic N) is 2. The summed E-state index contributed by atoms with van der Waals surface area (Å²) in [7, 11) is -1.80. The molecular formula is C14H32N4O2S. The lowest BCUT2D eigenvalue weighted by molar-refractivity contribution is 0.0765. The van der Waals surface area contributed by atoms with Crippen LogP contribution in [0.2, 0.25) is 0 Å². The lowest BCUT2D eigenvalue weighted by atomic mass is 10.0. The quantitative estimate of drug-likeness (QED) is 0.629. The summed E-state index contributed by atoms with van der Waals surface area (Å²) in [6.45, 7) is 8.64. The monoisotopic (exact) mass is 320 g/mol. The Hall–Kier alpha value is -0.210. The summed E-state index contributed by atoms with van der Waals surface area (Å²) < 4.78 is 26.1. The molecule has 2 atom stereocenters. The van der Waals surface area contributed by atoms with Gasteiger partial charge in [-0.25, -0.2) is 5.01 Å². The second-order valence-electron chi connectivity index (χ2n) is 6.06. The Morgan fingerprint density at radius 1 is 1.19 bits per heavy atom. The highest BCUT2D eigenvalue weighted by Gasteiger charge is 2.29. The van der Waals surface area contributed by atoms with Crippen molar-refractivity contribution in [1.29, 1.82) is 0 Å². The fourth-order valence-corrected chi connectivity index (χ4v) is 3.79. The molecule has 1 heterocycles. The van der Waals surface area contributed by atoms with E-state index >= 15 is 0 Å². The summed E-state index contributed by atoms with van der Waals surface area (Å²) in [5.74, 6) is 0. The zero-order valence-corrected chi connectivity index (χ0v) is 14.7. The fraction of sp³-hybridized carbons (Fsp3) is 1.00. The predicted octanol–water partition coefficient (Wildman–Crippen LogP) is 1.32. The average Bonchev–Trinajstić information content (AvgIpc) is 2.42. The maximum absolute atomic E-state index is 12.4. The number of piperidine rings is 1. The molecule has 126 valence electrons. The highest BCUT2D eigenvalue weighted by molar-refractivity contribution is 7.87. The Balaban J connectivity index is 2.43. The minimum Gasteiger partial charge on any atom is -0.317 e. The summed E-state index contributed by atoms with van der Waals surface area (Å²) in [5.41, 5.74) is 0. The molecule has 2 unspecified atom stereocenters. The number of hydrogen-bond acceptors (Lipinski definition) is 4. The van der Waals surface area contributed by atoms with Gasteiger partial charge >= 0.3 is 0 Å². The van der Waals surface area contributed by atoms with Gasteiger partial charge in [0.15, 0.2) is 0 Å². The van der Waals surface area contributed by atoms with Crippen LogP contribution in [0.25, 0.3) is 0 Å². The molecule has 0 aromatic carbocycles. The van der Waals surface area contributed by atoms with Crippen molar-refractivity contribution in [3.8, 4) is 0 Å². The molecule has 0 saturated carbocycles. The van der Waals surface area contributed by atoms with Gasteiger partial charge in [-0.1, -0.05) is 13.3 Å². The van der Waals surface area contributed by atoms with Crippen molar-refractivity contribution >= 4 is 10.2 Å². The van der Waals surface area contributed by atoms with Gasteiger partial charge in [0.2, 0.25) is 0 Å². The van der Waals surface area contributed by atoms with E-state index in [1.54, 1.807) is 7.05 Å². The van der Waals surface area contributed by atoms with E-state index in [0.29, 0.717) is 6.54 Å². The molecule has 6 nitrogen and oxygen atoms in total. The Labute approximate surface area is 130 Å². The van der Waals surface area contributed by atoms with Gasteiger partial charge in [-0.2, -0.15) is 12.7 Å². The molecule has 0 aromatic rings. The molecule has 7 heteroatoms. The van der Waals surface area contributed by atoms with E-state index in [2.05, 4.69) is 30.9 Å². The zero-order valence-electron chi connectivity index (χ0n) is 13.9. The Morgan fingerprint density at radius 3 is 2.38 bits per heavy atom. The van der Waals surface area contributed by atoms with E-state index in [4.69, 9.17) is 0 Å². The van der Waals surface area contributed by atoms with Crippen molar-refractivity contribution in [1.82, 2.24) is 19.5 Å². The molecule has 0 radical (unpaired) electrons. The number of rotatable bonds is 9. The van der Waals surface area contributed by atoms with E-state index in [0.717, 1.165) is 38.8 Å². The summed E-state index contributed by atoms with van der Waals surface area (Å²) >= 11 is 0. The van der Waals surface area contributed by atoms with E-state index in [9.17, 15) is 8.42 Å². The van der Waals surface area contributed by atoms with Crippen LogP contribution in [0.4, 0.5) is 0 Å². The van der Waals surface area contributed by atoms with Crippen LogP contribution in [-0.4, -0.2) is 56.5 Å². The molecule has 0 bridgehead atoms. The number of hydrazine groups is 1. The SMILES string of the molecule is CCCNCCCN(C)S(=O)(=O)NN1C(C)CCCC1C. The Morgan fingerprint density at radius 2 is 1.81 bits per heavy atom. The Kier molecular flexibility index (Phi) is 8.12. The van der Waals surface area contributed by atoms with Gasteiger partial charge < -0.3 is 5.32 Å². The fourth-order valence-electron chi connectivity index (χ4n) is 2.65. The highest BCUT2D eigenvalue weighted by Crippen LogP contribution is 2.21. The first-order valence-corrected chi connectivity index (χ1v) is 9.55. The summed E-state index contributed by atoms with van der Waals surface area (Å²) in [5, 5.41) is 5.18. The molecule has 0 aliphatic carbocycles. The maximum Gasteiger partial charge on any atom is 0.292 e. The standard InChI is InChI=1S/C14H32N4O2S/c1-5-10-15-11-7-12-17(4)21(19,20)16-18-13(2)8-6-9-14(18)3/h13-16H,5-12H2,1-4H3. The van der Waals surface area contributed by atoms with Crippen LogP contribution in [0.1, 0.15) is 52.9 Å². The van der Waals surface area contributed by atoms with Gasteiger partial charge in [-0.05, 0) is 52.6 Å². The smallest absolute Gasteiger partial charge is 0.292 e. The van der Waals surface area contributed by atoms with Crippen LogP contribution in [-0.2, 0) is 10.2 Å². The van der Waals surface area contributed by atoms with Crippen molar-refractivity contribution in [3.63, 3.8) is 0 Å². The lowest BCUT2D eigenvalue weighted by Crippen LogP contribution is -2.56.